The van der Waals surface area contributed by atoms with Gasteiger partial charge < -0.3 is 18.9 Å². The van der Waals surface area contributed by atoms with Crippen molar-refractivity contribution in [1.82, 2.24) is 9.88 Å². The third-order valence-corrected chi connectivity index (χ3v) is 5.06. The summed E-state index contributed by atoms with van der Waals surface area (Å²) in [6.07, 6.45) is 2.19. The Morgan fingerprint density at radius 2 is 2.03 bits per heavy atom. The molecule has 0 unspecified atom stereocenters. The highest BCUT2D eigenvalue weighted by Gasteiger charge is 2.18. The summed E-state index contributed by atoms with van der Waals surface area (Å²) in [5.74, 6) is 2.06. The molecule has 4 rings (SSSR count). The molecule has 1 saturated heterocycles. The molecule has 9 heteroatoms. The molecule has 0 atom stereocenters. The first-order valence-corrected chi connectivity index (χ1v) is 10.5. The fourth-order valence-electron chi connectivity index (χ4n) is 3.26. The van der Waals surface area contributed by atoms with E-state index in [4.69, 9.17) is 30.5 Å². The smallest absolute Gasteiger partial charge is 0.225 e. The molecule has 0 aliphatic carbocycles. The molecule has 8 nitrogen and oxygen atoms in total. The second-order valence-electron chi connectivity index (χ2n) is 7.30. The summed E-state index contributed by atoms with van der Waals surface area (Å²) in [6, 6.07) is 5.52. The van der Waals surface area contributed by atoms with Gasteiger partial charge in [-0.2, -0.15) is 5.10 Å². The van der Waals surface area contributed by atoms with E-state index in [0.717, 1.165) is 38.2 Å². The lowest BCUT2D eigenvalue weighted by molar-refractivity contribution is 0.0322. The van der Waals surface area contributed by atoms with Gasteiger partial charge in [-0.15, -0.1) is 5.10 Å². The second-order valence-corrected chi connectivity index (χ2v) is 7.68. The van der Waals surface area contributed by atoms with Crippen molar-refractivity contribution in [3.05, 3.63) is 23.2 Å². The Morgan fingerprint density at radius 3 is 2.77 bits per heavy atom. The monoisotopic (exact) mass is 432 g/mol. The van der Waals surface area contributed by atoms with E-state index in [1.807, 2.05) is 26.0 Å². The summed E-state index contributed by atoms with van der Waals surface area (Å²) in [6.45, 7) is 8.64. The Balaban J connectivity index is 1.57. The molecular weight excluding hydrogens is 408 g/mol. The number of fused-ring (bicyclic) bond motifs is 1. The van der Waals surface area contributed by atoms with E-state index in [0.29, 0.717) is 46.8 Å². The lowest BCUT2D eigenvalue weighted by atomic mass is 10.2. The van der Waals surface area contributed by atoms with Crippen LogP contribution >= 0.6 is 11.6 Å². The van der Waals surface area contributed by atoms with Crippen molar-refractivity contribution in [3.8, 4) is 17.4 Å². The molecule has 2 aliphatic rings. The second kappa shape index (κ2) is 9.59. The fourth-order valence-corrected chi connectivity index (χ4v) is 3.52. The number of morpholine rings is 1. The minimum Gasteiger partial charge on any atom is -0.491 e. The van der Waals surface area contributed by atoms with Gasteiger partial charge in [-0.3, -0.25) is 4.90 Å². The van der Waals surface area contributed by atoms with Crippen molar-refractivity contribution in [2.45, 2.75) is 26.4 Å². The normalized spacial score (nSPS) is 16.9. The Labute approximate surface area is 180 Å². The SMILES string of the molecule is CC(C)Oc1cc(OC2=NN=CC2)nc2c(Cl)c(OCCN3CCOCC3)ccc12. The molecule has 0 N–H and O–H groups in total. The summed E-state index contributed by atoms with van der Waals surface area (Å²) in [7, 11) is 0. The zero-order valence-corrected chi connectivity index (χ0v) is 17.9. The first-order chi connectivity index (χ1) is 14.6. The van der Waals surface area contributed by atoms with E-state index in [2.05, 4.69) is 20.1 Å². The molecule has 0 saturated carbocycles. The van der Waals surface area contributed by atoms with Crippen LogP contribution in [0.3, 0.4) is 0 Å². The van der Waals surface area contributed by atoms with Crippen molar-refractivity contribution in [1.29, 1.82) is 0 Å². The van der Waals surface area contributed by atoms with Gasteiger partial charge in [0.1, 0.15) is 28.6 Å². The van der Waals surface area contributed by atoms with Crippen LogP contribution in [0.4, 0.5) is 0 Å². The highest BCUT2D eigenvalue weighted by molar-refractivity contribution is 6.36. The Kier molecular flexibility index (Phi) is 6.66. The van der Waals surface area contributed by atoms with Crippen LogP contribution in [0.25, 0.3) is 10.9 Å². The van der Waals surface area contributed by atoms with Crippen LogP contribution in [0.2, 0.25) is 5.02 Å². The minimum atomic E-state index is -0.0150. The zero-order valence-electron chi connectivity index (χ0n) is 17.1. The van der Waals surface area contributed by atoms with Gasteiger partial charge in [0.05, 0.1) is 25.7 Å². The first kappa shape index (κ1) is 20.8. The third-order valence-electron chi connectivity index (χ3n) is 4.69. The molecule has 3 heterocycles. The average molecular weight is 433 g/mol. The number of hydrogen-bond donors (Lipinski definition) is 0. The average Bonchev–Trinajstić information content (AvgIpc) is 3.23. The van der Waals surface area contributed by atoms with Gasteiger partial charge in [0, 0.05) is 37.3 Å². The van der Waals surface area contributed by atoms with Crippen molar-refractivity contribution in [2.75, 3.05) is 39.5 Å². The summed E-state index contributed by atoms with van der Waals surface area (Å²) < 4.78 is 23.1. The fraction of sp³-hybridized carbons (Fsp3) is 0.476. The highest BCUT2D eigenvalue weighted by atomic mass is 35.5. The topological polar surface area (TPSA) is 77.8 Å². The Hall–Kier alpha value is -2.42. The summed E-state index contributed by atoms with van der Waals surface area (Å²) in [5, 5.41) is 8.98. The molecule has 2 aliphatic heterocycles. The molecule has 0 bridgehead atoms. The van der Waals surface area contributed by atoms with Crippen molar-refractivity contribution in [3.63, 3.8) is 0 Å². The van der Waals surface area contributed by atoms with E-state index >= 15 is 0 Å². The van der Waals surface area contributed by atoms with Crippen LogP contribution in [-0.4, -0.2) is 67.6 Å². The van der Waals surface area contributed by atoms with Crippen LogP contribution in [-0.2, 0) is 4.74 Å². The predicted octanol–water partition coefficient (Wildman–Crippen LogP) is 3.55. The summed E-state index contributed by atoms with van der Waals surface area (Å²) >= 11 is 6.67. The van der Waals surface area contributed by atoms with Crippen molar-refractivity contribution < 1.29 is 18.9 Å². The molecule has 30 heavy (non-hydrogen) atoms. The van der Waals surface area contributed by atoms with Gasteiger partial charge in [-0.1, -0.05) is 11.6 Å². The molecule has 2 aromatic rings. The number of halogens is 1. The zero-order chi connectivity index (χ0) is 20.9. The van der Waals surface area contributed by atoms with Crippen LogP contribution in [0.1, 0.15) is 20.3 Å². The summed E-state index contributed by atoms with van der Waals surface area (Å²) in [5.41, 5.74) is 0.563. The maximum absolute atomic E-state index is 6.67. The Morgan fingerprint density at radius 1 is 1.20 bits per heavy atom. The van der Waals surface area contributed by atoms with E-state index < -0.39 is 0 Å². The van der Waals surface area contributed by atoms with Gasteiger partial charge in [0.2, 0.25) is 11.8 Å². The van der Waals surface area contributed by atoms with E-state index in [9.17, 15) is 0 Å². The van der Waals surface area contributed by atoms with Crippen molar-refractivity contribution >= 4 is 34.6 Å². The van der Waals surface area contributed by atoms with Gasteiger partial charge >= 0.3 is 0 Å². The molecule has 1 aromatic carbocycles. The van der Waals surface area contributed by atoms with E-state index in [-0.39, 0.29) is 6.10 Å². The number of hydrogen-bond acceptors (Lipinski definition) is 8. The van der Waals surface area contributed by atoms with Gasteiger partial charge in [0.25, 0.3) is 0 Å². The summed E-state index contributed by atoms with van der Waals surface area (Å²) in [4.78, 5) is 6.89. The largest absolute Gasteiger partial charge is 0.491 e. The number of pyridine rings is 1. The molecule has 0 radical (unpaired) electrons. The Bertz CT molecular complexity index is 958. The first-order valence-electron chi connectivity index (χ1n) is 10.1. The number of aromatic nitrogens is 1. The highest BCUT2D eigenvalue weighted by Crippen LogP contribution is 2.38. The van der Waals surface area contributed by atoms with Gasteiger partial charge in [-0.25, -0.2) is 4.98 Å². The predicted molar refractivity (Wildman–Crippen MR) is 116 cm³/mol. The molecule has 1 fully saturated rings. The number of nitrogens with zero attached hydrogens (tertiary/aromatic N) is 4. The molecular formula is C21H25ClN4O4. The van der Waals surface area contributed by atoms with E-state index in [1.165, 1.54) is 0 Å². The van der Waals surface area contributed by atoms with Crippen molar-refractivity contribution in [2.24, 2.45) is 10.2 Å². The lowest BCUT2D eigenvalue weighted by Gasteiger charge is -2.26. The number of rotatable bonds is 7. The number of benzene rings is 1. The van der Waals surface area contributed by atoms with Gasteiger partial charge in [0.15, 0.2) is 0 Å². The molecule has 1 aromatic heterocycles. The van der Waals surface area contributed by atoms with Crippen LogP contribution in [0, 0.1) is 0 Å². The van der Waals surface area contributed by atoms with Crippen LogP contribution in [0.5, 0.6) is 17.4 Å². The quantitative estimate of drug-likeness (QED) is 0.665. The maximum Gasteiger partial charge on any atom is 0.225 e. The van der Waals surface area contributed by atoms with Crippen LogP contribution in [0.15, 0.2) is 28.4 Å². The maximum atomic E-state index is 6.67. The van der Waals surface area contributed by atoms with Crippen LogP contribution < -0.4 is 14.2 Å². The van der Waals surface area contributed by atoms with Gasteiger partial charge in [-0.05, 0) is 26.0 Å². The standard InChI is InChI=1S/C21H25ClN4O4/c1-14(2)29-17-13-19(30-18-5-6-23-25-18)24-21-15(17)3-4-16(20(21)22)28-12-9-26-7-10-27-11-8-26/h3-4,6,13-14H,5,7-12H2,1-2H3. The minimum absolute atomic E-state index is 0.0150. The molecule has 160 valence electrons. The lowest BCUT2D eigenvalue weighted by Crippen LogP contribution is -2.38. The van der Waals surface area contributed by atoms with E-state index in [1.54, 1.807) is 12.3 Å². The molecule has 0 spiro atoms. The number of ether oxygens (including phenoxy) is 4. The third kappa shape index (κ3) is 5.00. The molecule has 0 amide bonds.